The summed E-state index contributed by atoms with van der Waals surface area (Å²) in [4.78, 5) is 8.33. The smallest absolute Gasteiger partial charge is 0.178 e. The van der Waals surface area contributed by atoms with Gasteiger partial charge < -0.3 is 5.32 Å². The summed E-state index contributed by atoms with van der Waals surface area (Å²) in [7, 11) is 1.81. The average Bonchev–Trinajstić information content (AvgIpc) is 2.83. The van der Waals surface area contributed by atoms with E-state index in [9.17, 15) is 0 Å². The Bertz CT molecular complexity index is 646. The number of rotatable bonds is 2. The molecule has 0 unspecified atom stereocenters. The Balaban J connectivity index is 2.26. The zero-order valence-electron chi connectivity index (χ0n) is 9.07. The quantitative estimate of drug-likeness (QED) is 0.692. The number of hydrogen-bond donors (Lipinski definition) is 1. The van der Waals surface area contributed by atoms with Crippen molar-refractivity contribution in [3.8, 4) is 5.82 Å². The van der Waals surface area contributed by atoms with Crippen LogP contribution in [-0.2, 0) is 0 Å². The summed E-state index contributed by atoms with van der Waals surface area (Å²) in [6.07, 6.45) is 4.81. The molecule has 3 heterocycles. The van der Waals surface area contributed by atoms with Crippen LogP contribution in [0.15, 0.2) is 30.9 Å². The van der Waals surface area contributed by atoms with Gasteiger partial charge in [-0.25, -0.2) is 9.97 Å². The normalized spacial score (nSPS) is 10.6. The van der Waals surface area contributed by atoms with Crippen molar-refractivity contribution in [2.24, 2.45) is 0 Å². The number of nitrogens with zero attached hydrogens (tertiary/aromatic N) is 6. The first-order valence-electron chi connectivity index (χ1n) is 5.04. The molecule has 3 aromatic heterocycles. The van der Waals surface area contributed by atoms with Crippen molar-refractivity contribution in [2.45, 2.75) is 0 Å². The van der Waals surface area contributed by atoms with Crippen LogP contribution in [0.2, 0.25) is 0 Å². The molecule has 7 heteroatoms. The van der Waals surface area contributed by atoms with E-state index in [0.29, 0.717) is 11.5 Å². The third kappa shape index (κ3) is 1.48. The summed E-state index contributed by atoms with van der Waals surface area (Å²) in [6, 6.07) is 3.62. The van der Waals surface area contributed by atoms with E-state index >= 15 is 0 Å². The predicted octanol–water partition coefficient (Wildman–Crippen LogP) is 0.647. The maximum atomic E-state index is 4.25. The Morgan fingerprint density at radius 1 is 1.29 bits per heavy atom. The fraction of sp³-hybridized carbons (Fsp3) is 0.100. The van der Waals surface area contributed by atoms with E-state index in [1.54, 1.807) is 30.2 Å². The molecule has 0 aliphatic rings. The van der Waals surface area contributed by atoms with Crippen LogP contribution in [-0.4, -0.2) is 37.0 Å². The minimum atomic E-state index is 0.628. The van der Waals surface area contributed by atoms with Crippen molar-refractivity contribution >= 4 is 16.9 Å². The van der Waals surface area contributed by atoms with Crippen LogP contribution in [0.1, 0.15) is 0 Å². The van der Waals surface area contributed by atoms with Crippen LogP contribution >= 0.6 is 0 Å². The van der Waals surface area contributed by atoms with Crippen molar-refractivity contribution in [1.82, 2.24) is 29.9 Å². The molecule has 0 saturated heterocycles. The number of hydrogen-bond acceptors (Lipinski definition) is 6. The van der Waals surface area contributed by atoms with Crippen LogP contribution in [0, 0.1) is 0 Å². The maximum absolute atomic E-state index is 4.25. The zero-order valence-corrected chi connectivity index (χ0v) is 9.07. The Kier molecular flexibility index (Phi) is 2.14. The van der Waals surface area contributed by atoms with Crippen LogP contribution < -0.4 is 5.32 Å². The van der Waals surface area contributed by atoms with Gasteiger partial charge in [-0.15, -0.1) is 5.10 Å². The Hall–Kier alpha value is -2.57. The summed E-state index contributed by atoms with van der Waals surface area (Å²) >= 11 is 0. The third-order valence-electron chi connectivity index (χ3n) is 2.38. The molecule has 0 atom stereocenters. The Labute approximate surface area is 96.5 Å². The molecule has 0 spiro atoms. The summed E-state index contributed by atoms with van der Waals surface area (Å²) < 4.78 is 1.63. The highest BCUT2D eigenvalue weighted by Crippen LogP contribution is 2.19. The summed E-state index contributed by atoms with van der Waals surface area (Å²) in [6.45, 7) is 0. The Morgan fingerprint density at radius 3 is 3.00 bits per heavy atom. The van der Waals surface area contributed by atoms with Gasteiger partial charge >= 0.3 is 0 Å². The van der Waals surface area contributed by atoms with Crippen molar-refractivity contribution in [1.29, 1.82) is 0 Å². The average molecular weight is 227 g/mol. The first-order chi connectivity index (χ1) is 8.40. The standard InChI is InChI=1S/C10H9N7/c1-11-9-7-5-15-17(10(7)13-6-12-9)8-3-2-4-14-16-8/h2-6H,1H3,(H,11,12,13). The molecule has 0 fully saturated rings. The highest BCUT2D eigenvalue weighted by molar-refractivity contribution is 5.86. The fourth-order valence-corrected chi connectivity index (χ4v) is 1.62. The SMILES string of the molecule is CNc1ncnc2c1cnn2-c1cccnn1. The predicted molar refractivity (Wildman–Crippen MR) is 61.8 cm³/mol. The molecule has 17 heavy (non-hydrogen) atoms. The van der Waals surface area contributed by atoms with Crippen molar-refractivity contribution in [3.63, 3.8) is 0 Å². The molecule has 0 saturated carbocycles. The van der Waals surface area contributed by atoms with E-state index in [0.717, 1.165) is 11.2 Å². The van der Waals surface area contributed by atoms with E-state index in [1.807, 2.05) is 6.07 Å². The highest BCUT2D eigenvalue weighted by Gasteiger charge is 2.10. The monoisotopic (exact) mass is 227 g/mol. The van der Waals surface area contributed by atoms with E-state index in [4.69, 9.17) is 0 Å². The van der Waals surface area contributed by atoms with E-state index < -0.39 is 0 Å². The molecule has 0 aliphatic carbocycles. The lowest BCUT2D eigenvalue weighted by Crippen LogP contribution is -2.02. The number of anilines is 1. The molecule has 0 bridgehead atoms. The largest absolute Gasteiger partial charge is 0.372 e. The van der Waals surface area contributed by atoms with Gasteiger partial charge in [-0.3, -0.25) is 0 Å². The molecule has 1 N–H and O–H groups in total. The molecule has 84 valence electrons. The zero-order chi connectivity index (χ0) is 11.7. The van der Waals surface area contributed by atoms with Gasteiger partial charge in [0, 0.05) is 13.2 Å². The third-order valence-corrected chi connectivity index (χ3v) is 2.38. The molecule has 0 aliphatic heterocycles. The van der Waals surface area contributed by atoms with E-state index in [1.165, 1.54) is 6.33 Å². The van der Waals surface area contributed by atoms with Gasteiger partial charge in [0.1, 0.15) is 12.1 Å². The second kappa shape index (κ2) is 3.78. The van der Waals surface area contributed by atoms with Gasteiger partial charge in [-0.1, -0.05) is 0 Å². The highest BCUT2D eigenvalue weighted by atomic mass is 15.4. The summed E-state index contributed by atoms with van der Waals surface area (Å²) in [5.41, 5.74) is 0.699. The topological polar surface area (TPSA) is 81.4 Å². The molecular weight excluding hydrogens is 218 g/mol. The van der Waals surface area contributed by atoms with E-state index in [-0.39, 0.29) is 0 Å². The number of nitrogens with one attached hydrogen (secondary N) is 1. The van der Waals surface area contributed by atoms with Gasteiger partial charge in [0.25, 0.3) is 0 Å². The van der Waals surface area contributed by atoms with Crippen molar-refractivity contribution in [3.05, 3.63) is 30.9 Å². The Morgan fingerprint density at radius 2 is 2.24 bits per heavy atom. The van der Waals surface area contributed by atoms with Crippen LogP contribution in [0.4, 0.5) is 5.82 Å². The first kappa shape index (κ1) is 9.64. The molecule has 0 radical (unpaired) electrons. The van der Waals surface area contributed by atoms with Crippen molar-refractivity contribution < 1.29 is 0 Å². The number of aromatic nitrogens is 6. The van der Waals surface area contributed by atoms with Crippen LogP contribution in [0.3, 0.4) is 0 Å². The molecular formula is C10H9N7. The molecule has 3 aromatic rings. The van der Waals surface area contributed by atoms with Crippen molar-refractivity contribution in [2.75, 3.05) is 12.4 Å². The first-order valence-corrected chi connectivity index (χ1v) is 5.04. The molecule has 0 amide bonds. The lowest BCUT2D eigenvalue weighted by molar-refractivity contribution is 0.827. The van der Waals surface area contributed by atoms with E-state index in [2.05, 4.69) is 30.6 Å². The van der Waals surface area contributed by atoms with Gasteiger partial charge in [0.15, 0.2) is 11.5 Å². The minimum absolute atomic E-state index is 0.628. The van der Waals surface area contributed by atoms with Crippen LogP contribution in [0.25, 0.3) is 16.9 Å². The minimum Gasteiger partial charge on any atom is -0.372 e. The van der Waals surface area contributed by atoms with Gasteiger partial charge in [-0.2, -0.15) is 14.9 Å². The summed E-state index contributed by atoms with van der Waals surface area (Å²) in [5.74, 6) is 1.37. The summed E-state index contributed by atoms with van der Waals surface area (Å²) in [5, 5.41) is 15.9. The fourth-order valence-electron chi connectivity index (χ4n) is 1.62. The van der Waals surface area contributed by atoms with Crippen LogP contribution in [0.5, 0.6) is 0 Å². The number of fused-ring (bicyclic) bond motifs is 1. The van der Waals surface area contributed by atoms with Gasteiger partial charge in [0.05, 0.1) is 11.6 Å². The maximum Gasteiger partial charge on any atom is 0.178 e. The molecule has 0 aromatic carbocycles. The second-order valence-electron chi connectivity index (χ2n) is 3.35. The van der Waals surface area contributed by atoms with Gasteiger partial charge in [-0.05, 0) is 12.1 Å². The van der Waals surface area contributed by atoms with Gasteiger partial charge in [0.2, 0.25) is 0 Å². The lowest BCUT2D eigenvalue weighted by Gasteiger charge is -2.01. The second-order valence-corrected chi connectivity index (χ2v) is 3.35. The molecule has 3 rings (SSSR count). The lowest BCUT2D eigenvalue weighted by atomic mass is 10.4. The molecule has 7 nitrogen and oxygen atoms in total.